The molecule has 144 valence electrons. The fourth-order valence-electron chi connectivity index (χ4n) is 3.15. The maximum atomic E-state index is 12.5. The van der Waals surface area contributed by atoms with Gasteiger partial charge in [0.25, 0.3) is 5.91 Å². The average Bonchev–Trinajstić information content (AvgIpc) is 3.02. The summed E-state index contributed by atoms with van der Waals surface area (Å²) in [5.41, 5.74) is 0.802. The Labute approximate surface area is 158 Å². The zero-order valence-electron chi connectivity index (χ0n) is 15.3. The van der Waals surface area contributed by atoms with Crippen molar-refractivity contribution in [1.29, 1.82) is 0 Å². The quantitative estimate of drug-likeness (QED) is 0.802. The smallest absolute Gasteiger partial charge is 0.274 e. The van der Waals surface area contributed by atoms with E-state index in [0.29, 0.717) is 30.2 Å². The van der Waals surface area contributed by atoms with E-state index >= 15 is 0 Å². The first-order valence-corrected chi connectivity index (χ1v) is 10.5. The van der Waals surface area contributed by atoms with Crippen molar-refractivity contribution in [3.63, 3.8) is 0 Å². The molecule has 9 heteroatoms. The predicted octanol–water partition coefficient (Wildman–Crippen LogP) is 1.75. The number of hydrogen-bond acceptors (Lipinski definition) is 7. The molecular weight excluding hydrogens is 368 g/mol. The van der Waals surface area contributed by atoms with Crippen molar-refractivity contribution in [2.45, 2.75) is 19.4 Å². The molecule has 1 unspecified atom stereocenters. The lowest BCUT2D eigenvalue weighted by Crippen LogP contribution is -2.37. The molecule has 1 saturated heterocycles. The fourth-order valence-corrected chi connectivity index (χ4v) is 4.88. The first-order chi connectivity index (χ1) is 12.9. The van der Waals surface area contributed by atoms with Gasteiger partial charge in [0, 0.05) is 30.4 Å². The van der Waals surface area contributed by atoms with E-state index in [4.69, 9.17) is 4.74 Å². The van der Waals surface area contributed by atoms with Gasteiger partial charge < -0.3 is 15.0 Å². The number of methoxy groups -OCH3 is 1. The molecule has 1 aliphatic rings. The average molecular weight is 390 g/mol. The number of anilines is 2. The van der Waals surface area contributed by atoms with Gasteiger partial charge in [-0.25, -0.2) is 18.4 Å². The summed E-state index contributed by atoms with van der Waals surface area (Å²) in [7, 11) is -1.45. The van der Waals surface area contributed by atoms with Gasteiger partial charge in [0.05, 0.1) is 18.6 Å². The van der Waals surface area contributed by atoms with Crippen LogP contribution in [-0.2, 0) is 9.84 Å². The number of amides is 1. The molecule has 2 aromatic rings. The molecule has 1 aromatic carbocycles. The van der Waals surface area contributed by atoms with Crippen LogP contribution in [0.25, 0.3) is 0 Å². The Kier molecular flexibility index (Phi) is 5.59. The Morgan fingerprint density at radius 2 is 2.15 bits per heavy atom. The third kappa shape index (κ3) is 4.54. The zero-order valence-corrected chi connectivity index (χ0v) is 16.1. The summed E-state index contributed by atoms with van der Waals surface area (Å²) in [6, 6.07) is 8.48. The minimum absolute atomic E-state index is 0.107. The van der Waals surface area contributed by atoms with Crippen molar-refractivity contribution in [2.75, 3.05) is 35.4 Å². The topological polar surface area (TPSA) is 101 Å². The highest BCUT2D eigenvalue weighted by Crippen LogP contribution is 2.23. The number of rotatable bonds is 6. The number of carbonyl (C=O) groups is 1. The number of carbonyl (C=O) groups excluding carboxylic acids is 1. The second kappa shape index (κ2) is 7.91. The Hall–Kier alpha value is -2.68. The number of ether oxygens (including phenoxy) is 1. The van der Waals surface area contributed by atoms with Crippen LogP contribution in [0.5, 0.6) is 5.75 Å². The third-order valence-corrected chi connectivity index (χ3v) is 6.25. The summed E-state index contributed by atoms with van der Waals surface area (Å²) in [5, 5.41) is 2.78. The second-order valence-corrected chi connectivity index (χ2v) is 8.52. The maximum Gasteiger partial charge on any atom is 0.274 e. The van der Waals surface area contributed by atoms with Gasteiger partial charge in [-0.2, -0.15) is 0 Å². The van der Waals surface area contributed by atoms with E-state index in [1.165, 1.54) is 6.33 Å². The van der Waals surface area contributed by atoms with Crippen LogP contribution in [0.2, 0.25) is 0 Å². The Morgan fingerprint density at radius 1 is 1.33 bits per heavy atom. The number of aromatic nitrogens is 2. The van der Waals surface area contributed by atoms with E-state index in [2.05, 4.69) is 15.3 Å². The number of benzene rings is 1. The molecule has 8 nitrogen and oxygen atoms in total. The molecule has 0 bridgehead atoms. The van der Waals surface area contributed by atoms with Crippen LogP contribution >= 0.6 is 0 Å². The van der Waals surface area contributed by atoms with Crippen molar-refractivity contribution in [2.24, 2.45) is 0 Å². The van der Waals surface area contributed by atoms with Crippen LogP contribution in [-0.4, -0.2) is 55.5 Å². The lowest BCUT2D eigenvalue weighted by atomic mass is 10.2. The van der Waals surface area contributed by atoms with Gasteiger partial charge in [0.2, 0.25) is 0 Å². The summed E-state index contributed by atoms with van der Waals surface area (Å²) in [6.45, 7) is 2.52. The van der Waals surface area contributed by atoms with E-state index in [9.17, 15) is 13.2 Å². The van der Waals surface area contributed by atoms with E-state index in [1.54, 1.807) is 37.4 Å². The van der Waals surface area contributed by atoms with E-state index in [-0.39, 0.29) is 29.1 Å². The highest BCUT2D eigenvalue weighted by atomic mass is 32.2. The molecule has 0 radical (unpaired) electrons. The molecule has 2 heterocycles. The minimum Gasteiger partial charge on any atom is -0.497 e. The largest absolute Gasteiger partial charge is 0.497 e. The molecule has 1 aromatic heterocycles. The lowest BCUT2D eigenvalue weighted by Gasteiger charge is -2.27. The van der Waals surface area contributed by atoms with Gasteiger partial charge in [-0.05, 0) is 25.5 Å². The normalized spacial score (nSPS) is 18.1. The second-order valence-electron chi connectivity index (χ2n) is 6.29. The SMILES string of the molecule is CCN(c1cc(C(=O)Nc2cccc(OC)c2)ncn1)C1CCS(=O)(=O)C1. The summed E-state index contributed by atoms with van der Waals surface area (Å²) in [6.07, 6.45) is 1.88. The first kappa shape index (κ1) is 19.1. The van der Waals surface area contributed by atoms with Crippen LogP contribution in [0.1, 0.15) is 23.8 Å². The molecule has 3 rings (SSSR count). The third-order valence-electron chi connectivity index (χ3n) is 4.50. The molecule has 27 heavy (non-hydrogen) atoms. The van der Waals surface area contributed by atoms with Crippen LogP contribution in [0, 0.1) is 0 Å². The molecule has 1 N–H and O–H groups in total. The van der Waals surface area contributed by atoms with Gasteiger partial charge in [-0.15, -0.1) is 0 Å². The fraction of sp³-hybridized carbons (Fsp3) is 0.389. The molecule has 0 spiro atoms. The molecule has 1 atom stereocenters. The van der Waals surface area contributed by atoms with Crippen LogP contribution < -0.4 is 15.0 Å². The van der Waals surface area contributed by atoms with Gasteiger partial charge in [0.1, 0.15) is 23.6 Å². The molecular formula is C18H22N4O4S. The molecule has 1 fully saturated rings. The summed E-state index contributed by atoms with van der Waals surface area (Å²) >= 11 is 0. The Morgan fingerprint density at radius 3 is 2.81 bits per heavy atom. The Balaban J connectivity index is 1.78. The summed E-state index contributed by atoms with van der Waals surface area (Å²) in [4.78, 5) is 22.7. The highest BCUT2D eigenvalue weighted by Gasteiger charge is 2.32. The first-order valence-electron chi connectivity index (χ1n) is 8.66. The van der Waals surface area contributed by atoms with E-state index < -0.39 is 9.84 Å². The highest BCUT2D eigenvalue weighted by molar-refractivity contribution is 7.91. The number of hydrogen-bond donors (Lipinski definition) is 1. The van der Waals surface area contributed by atoms with E-state index in [0.717, 1.165) is 0 Å². The van der Waals surface area contributed by atoms with Crippen LogP contribution in [0.4, 0.5) is 11.5 Å². The van der Waals surface area contributed by atoms with Gasteiger partial charge in [-0.1, -0.05) is 6.07 Å². The number of nitrogens with one attached hydrogen (secondary N) is 1. The minimum atomic E-state index is -3.01. The van der Waals surface area contributed by atoms with Crippen molar-refractivity contribution in [1.82, 2.24) is 9.97 Å². The molecule has 1 amide bonds. The predicted molar refractivity (Wildman–Crippen MR) is 103 cm³/mol. The van der Waals surface area contributed by atoms with Gasteiger partial charge in [0.15, 0.2) is 9.84 Å². The van der Waals surface area contributed by atoms with Gasteiger partial charge >= 0.3 is 0 Å². The van der Waals surface area contributed by atoms with Crippen molar-refractivity contribution >= 4 is 27.2 Å². The van der Waals surface area contributed by atoms with Gasteiger partial charge in [-0.3, -0.25) is 4.79 Å². The Bertz CT molecular complexity index is 932. The van der Waals surface area contributed by atoms with Crippen molar-refractivity contribution in [3.05, 3.63) is 42.4 Å². The molecule has 1 aliphatic heterocycles. The molecule has 0 aliphatic carbocycles. The monoisotopic (exact) mass is 390 g/mol. The van der Waals surface area contributed by atoms with Crippen molar-refractivity contribution < 1.29 is 17.9 Å². The molecule has 0 saturated carbocycles. The summed E-state index contributed by atoms with van der Waals surface area (Å²) in [5.74, 6) is 1.10. The van der Waals surface area contributed by atoms with Crippen LogP contribution in [0.15, 0.2) is 36.7 Å². The standard InChI is InChI=1S/C18H22N4O4S/c1-3-22(14-7-8-27(24,25)11-14)17-10-16(19-12-20-17)18(23)21-13-5-4-6-15(9-13)26-2/h4-6,9-10,12,14H,3,7-8,11H2,1-2H3,(H,21,23). The maximum absolute atomic E-state index is 12.5. The number of sulfone groups is 1. The number of nitrogens with zero attached hydrogens (tertiary/aromatic N) is 3. The van der Waals surface area contributed by atoms with Crippen LogP contribution in [0.3, 0.4) is 0 Å². The van der Waals surface area contributed by atoms with E-state index in [1.807, 2.05) is 11.8 Å². The zero-order chi connectivity index (χ0) is 19.4. The summed E-state index contributed by atoms with van der Waals surface area (Å²) < 4.78 is 28.7. The lowest BCUT2D eigenvalue weighted by molar-refractivity contribution is 0.102. The van der Waals surface area contributed by atoms with Crippen molar-refractivity contribution in [3.8, 4) is 5.75 Å².